The highest BCUT2D eigenvalue weighted by Gasteiger charge is 2.34. The van der Waals surface area contributed by atoms with Crippen molar-refractivity contribution in [3.05, 3.63) is 56.5 Å². The van der Waals surface area contributed by atoms with E-state index in [1.165, 1.54) is 0 Å². The predicted octanol–water partition coefficient (Wildman–Crippen LogP) is 9.00. The Kier molecular flexibility index (Phi) is 23.0. The SMILES string of the molecule is COCCCOc1cc(C(=O)N(C(C)C)[C@@H]2CCCN(C(=O)OC(C)(C)C)C2)ccc1Br.COCCCOc1cc(C(=O)N(C(C)C)[C@@H]2CCCNC2)ccc1Br.Cl. The molecule has 4 rings (SSSR count). The second kappa shape index (κ2) is 25.9. The number of amides is 3. The van der Waals surface area contributed by atoms with Crippen LogP contribution in [0.2, 0.25) is 0 Å². The Morgan fingerprint density at radius 2 is 1.26 bits per heavy atom. The molecule has 3 amide bonds. The Labute approximate surface area is 370 Å². The molecule has 2 heterocycles. The van der Waals surface area contributed by atoms with Crippen molar-refractivity contribution in [2.75, 3.05) is 66.8 Å². The Hall–Kier alpha value is -2.62. The van der Waals surface area contributed by atoms with Crippen LogP contribution >= 0.6 is 44.3 Å². The summed E-state index contributed by atoms with van der Waals surface area (Å²) < 4.78 is 29.0. The highest BCUT2D eigenvalue weighted by Crippen LogP contribution is 2.30. The van der Waals surface area contributed by atoms with Crippen LogP contribution in [-0.4, -0.2) is 129 Å². The third-order valence-corrected chi connectivity index (χ3v) is 10.9. The van der Waals surface area contributed by atoms with Gasteiger partial charge in [0, 0.05) is 89.2 Å². The second-order valence-electron chi connectivity index (χ2n) is 16.0. The average Bonchev–Trinajstić information content (AvgIpc) is 3.16. The van der Waals surface area contributed by atoms with Crippen molar-refractivity contribution in [1.82, 2.24) is 20.0 Å². The van der Waals surface area contributed by atoms with E-state index in [9.17, 15) is 14.4 Å². The Morgan fingerprint density at radius 1 is 0.776 bits per heavy atom. The summed E-state index contributed by atoms with van der Waals surface area (Å²) in [5.74, 6) is 1.34. The first-order chi connectivity index (χ1) is 27.1. The van der Waals surface area contributed by atoms with Crippen molar-refractivity contribution >= 4 is 62.2 Å². The number of hydrogen-bond acceptors (Lipinski definition) is 9. The number of ether oxygens (including phenoxy) is 5. The van der Waals surface area contributed by atoms with Crippen LogP contribution in [0.5, 0.6) is 11.5 Å². The van der Waals surface area contributed by atoms with Gasteiger partial charge in [0.1, 0.15) is 17.1 Å². The molecule has 2 aliphatic heterocycles. The number of likely N-dealkylation sites (tertiary alicyclic amines) is 1. The van der Waals surface area contributed by atoms with E-state index in [0.29, 0.717) is 62.1 Å². The maximum atomic E-state index is 13.5. The van der Waals surface area contributed by atoms with Crippen LogP contribution in [0.25, 0.3) is 0 Å². The van der Waals surface area contributed by atoms with Gasteiger partial charge in [0.2, 0.25) is 0 Å². The normalized spacial score (nSPS) is 16.8. The molecule has 0 bridgehead atoms. The summed E-state index contributed by atoms with van der Waals surface area (Å²) in [7, 11) is 3.33. The number of carbonyl (C=O) groups is 3. The molecule has 1 N–H and O–H groups in total. The molecule has 0 radical (unpaired) electrons. The molecule has 0 aromatic heterocycles. The van der Waals surface area contributed by atoms with E-state index in [1.54, 1.807) is 31.3 Å². The summed E-state index contributed by atoms with van der Waals surface area (Å²) in [6.45, 7) is 19.1. The summed E-state index contributed by atoms with van der Waals surface area (Å²) in [6.07, 6.45) is 5.08. The summed E-state index contributed by atoms with van der Waals surface area (Å²) >= 11 is 7.00. The average molecular weight is 963 g/mol. The molecular weight excluding hydrogens is 896 g/mol. The van der Waals surface area contributed by atoms with Crippen LogP contribution in [0.3, 0.4) is 0 Å². The number of nitrogens with zero attached hydrogens (tertiary/aromatic N) is 3. The molecule has 2 fully saturated rings. The molecule has 2 aromatic rings. The van der Waals surface area contributed by atoms with Crippen molar-refractivity contribution in [3.8, 4) is 11.5 Å². The maximum Gasteiger partial charge on any atom is 0.410 e. The van der Waals surface area contributed by atoms with Gasteiger partial charge >= 0.3 is 6.09 Å². The highest BCUT2D eigenvalue weighted by atomic mass is 79.9. The quantitative estimate of drug-likeness (QED) is 0.165. The van der Waals surface area contributed by atoms with E-state index in [1.807, 2.05) is 68.7 Å². The van der Waals surface area contributed by atoms with Crippen LogP contribution in [0.15, 0.2) is 45.3 Å². The molecule has 2 atom stereocenters. The van der Waals surface area contributed by atoms with Crippen molar-refractivity contribution in [2.45, 2.75) is 117 Å². The zero-order valence-electron chi connectivity index (χ0n) is 35.9. The summed E-state index contributed by atoms with van der Waals surface area (Å²) in [4.78, 5) is 44.9. The smallest absolute Gasteiger partial charge is 0.410 e. The van der Waals surface area contributed by atoms with Gasteiger partial charge in [-0.25, -0.2) is 4.79 Å². The van der Waals surface area contributed by atoms with E-state index in [-0.39, 0.29) is 54.5 Å². The summed E-state index contributed by atoms with van der Waals surface area (Å²) in [6, 6.07) is 11.3. The fourth-order valence-corrected chi connectivity index (χ4v) is 7.67. The molecule has 15 heteroatoms. The van der Waals surface area contributed by atoms with Crippen molar-refractivity contribution in [3.63, 3.8) is 0 Å². The maximum absolute atomic E-state index is 13.5. The third kappa shape index (κ3) is 16.4. The van der Waals surface area contributed by atoms with Gasteiger partial charge in [0.15, 0.2) is 0 Å². The topological polar surface area (TPSA) is 119 Å². The van der Waals surface area contributed by atoms with Gasteiger partial charge in [0.25, 0.3) is 11.8 Å². The lowest BCUT2D eigenvalue weighted by Crippen LogP contribution is -2.54. The molecule has 0 unspecified atom stereocenters. The van der Waals surface area contributed by atoms with Crippen molar-refractivity contribution in [2.24, 2.45) is 0 Å². The second-order valence-corrected chi connectivity index (χ2v) is 17.7. The number of rotatable bonds is 16. The molecule has 0 saturated carbocycles. The van der Waals surface area contributed by atoms with Crippen molar-refractivity contribution < 1.29 is 38.1 Å². The van der Waals surface area contributed by atoms with Gasteiger partial charge in [-0.3, -0.25) is 9.59 Å². The molecule has 12 nitrogen and oxygen atoms in total. The lowest BCUT2D eigenvalue weighted by molar-refractivity contribution is 0.00751. The minimum atomic E-state index is -0.547. The molecule has 2 aromatic carbocycles. The van der Waals surface area contributed by atoms with Gasteiger partial charge in [-0.15, -0.1) is 12.4 Å². The van der Waals surface area contributed by atoms with Gasteiger partial charge in [-0.1, -0.05) is 0 Å². The minimum absolute atomic E-state index is 0. The summed E-state index contributed by atoms with van der Waals surface area (Å²) in [5, 5.41) is 3.40. The molecule has 0 aliphatic carbocycles. The molecule has 328 valence electrons. The van der Waals surface area contributed by atoms with Crippen LogP contribution < -0.4 is 14.8 Å². The summed E-state index contributed by atoms with van der Waals surface area (Å²) in [5.41, 5.74) is 0.691. The Morgan fingerprint density at radius 3 is 1.69 bits per heavy atom. The first-order valence-electron chi connectivity index (χ1n) is 20.2. The molecular formula is C43H67Br2ClN4O8. The van der Waals surface area contributed by atoms with Crippen LogP contribution in [-0.2, 0) is 14.2 Å². The monoisotopic (exact) mass is 960 g/mol. The standard InChI is InChI=1S/C24H37BrN2O5.C19H29BrN2O3.ClH/c1-17(2)27(19-9-7-12-26(16-19)23(29)32-24(3,4)5)22(28)18-10-11-20(25)21(15-18)31-14-8-13-30-6;1-14(2)22(16-6-4-9-21-13-16)19(23)15-7-8-17(20)18(12-15)25-11-5-10-24-3;/h10-11,15,17,19H,7-9,12-14,16H2,1-6H3;7-8,12,14,16,21H,4-6,9-11,13H2,1-3H3;1H/t19-;16-;/m11./s1. The molecule has 2 aliphatic rings. The number of hydrogen-bond donors (Lipinski definition) is 1. The van der Waals surface area contributed by atoms with Crippen LogP contribution in [0.1, 0.15) is 108 Å². The zero-order valence-corrected chi connectivity index (χ0v) is 39.9. The number of methoxy groups -OCH3 is 2. The first-order valence-corrected chi connectivity index (χ1v) is 21.8. The minimum Gasteiger partial charge on any atom is -0.492 e. The van der Waals surface area contributed by atoms with Crippen LogP contribution in [0, 0.1) is 0 Å². The Balaban J connectivity index is 0.000000405. The number of piperidine rings is 2. The highest BCUT2D eigenvalue weighted by molar-refractivity contribution is 9.10. The molecule has 2 saturated heterocycles. The van der Waals surface area contributed by atoms with E-state index < -0.39 is 5.60 Å². The van der Waals surface area contributed by atoms with Gasteiger partial charge in [-0.05, 0) is 149 Å². The number of carbonyl (C=O) groups excluding carboxylic acids is 3. The largest absolute Gasteiger partial charge is 0.492 e. The van der Waals surface area contributed by atoms with Crippen molar-refractivity contribution in [1.29, 1.82) is 0 Å². The Bertz CT molecular complexity index is 1570. The number of benzene rings is 2. The fourth-order valence-electron chi connectivity index (χ4n) is 6.95. The molecule has 58 heavy (non-hydrogen) atoms. The number of halogens is 3. The van der Waals surface area contributed by atoms with E-state index in [0.717, 1.165) is 60.6 Å². The lowest BCUT2D eigenvalue weighted by atomic mass is 10.0. The van der Waals surface area contributed by atoms with Crippen LogP contribution in [0.4, 0.5) is 4.79 Å². The zero-order chi connectivity index (χ0) is 42.1. The van der Waals surface area contributed by atoms with E-state index in [4.69, 9.17) is 23.7 Å². The van der Waals surface area contributed by atoms with Gasteiger partial charge in [-0.2, -0.15) is 0 Å². The fraction of sp³-hybridized carbons (Fsp3) is 0.651. The van der Waals surface area contributed by atoms with Gasteiger partial charge < -0.3 is 43.7 Å². The number of nitrogens with one attached hydrogen (secondary N) is 1. The van der Waals surface area contributed by atoms with Gasteiger partial charge in [0.05, 0.1) is 28.2 Å². The predicted molar refractivity (Wildman–Crippen MR) is 239 cm³/mol. The first kappa shape index (κ1) is 51.5. The molecule has 0 spiro atoms. The van der Waals surface area contributed by atoms with E-state index >= 15 is 0 Å². The van der Waals surface area contributed by atoms with E-state index in [2.05, 4.69) is 51.0 Å². The lowest BCUT2D eigenvalue weighted by Gasteiger charge is -2.41. The third-order valence-electron chi connectivity index (χ3n) is 9.54.